The van der Waals surface area contributed by atoms with E-state index in [1.807, 2.05) is 0 Å². The summed E-state index contributed by atoms with van der Waals surface area (Å²) in [5.74, 6) is 0.108. The molecule has 1 N–H and O–H groups in total. The van der Waals surface area contributed by atoms with Gasteiger partial charge in [0, 0.05) is 19.7 Å². The molecule has 1 aromatic rings. The van der Waals surface area contributed by atoms with Gasteiger partial charge in [-0.25, -0.2) is 8.42 Å². The van der Waals surface area contributed by atoms with Crippen LogP contribution in [-0.2, 0) is 29.0 Å². The second kappa shape index (κ2) is 10.4. The number of sulfonamides is 1. The standard InChI is InChI=1S/C19H28N2O7S/c1-25-18-5-4-16(29(23,24)21-7-11-26-12-8-21)13-17(18)20-19(22)6-10-27-14-15-3-2-9-28-15/h4-5,13,15H,2-3,6-12,14H2,1H3,(H,20,22). The first-order valence-electron chi connectivity index (χ1n) is 9.76. The van der Waals surface area contributed by atoms with Gasteiger partial charge in [0.15, 0.2) is 0 Å². The molecule has 2 saturated heterocycles. The van der Waals surface area contributed by atoms with E-state index in [9.17, 15) is 13.2 Å². The number of carbonyl (C=O) groups excluding carboxylic acids is 1. The van der Waals surface area contributed by atoms with Gasteiger partial charge in [-0.3, -0.25) is 4.79 Å². The molecule has 0 saturated carbocycles. The van der Waals surface area contributed by atoms with Crippen molar-refractivity contribution in [3.63, 3.8) is 0 Å². The second-order valence-electron chi connectivity index (χ2n) is 6.89. The Morgan fingerprint density at radius 1 is 1.28 bits per heavy atom. The molecule has 162 valence electrons. The monoisotopic (exact) mass is 428 g/mol. The van der Waals surface area contributed by atoms with Crippen LogP contribution in [0.25, 0.3) is 0 Å². The number of benzene rings is 1. The molecular formula is C19H28N2O7S. The lowest BCUT2D eigenvalue weighted by atomic mass is 10.2. The number of hydrogen-bond acceptors (Lipinski definition) is 7. The average molecular weight is 429 g/mol. The zero-order chi connectivity index (χ0) is 20.7. The van der Waals surface area contributed by atoms with E-state index in [0.717, 1.165) is 19.4 Å². The number of rotatable bonds is 9. The van der Waals surface area contributed by atoms with E-state index in [-0.39, 0.29) is 29.9 Å². The third kappa shape index (κ3) is 5.89. The predicted molar refractivity (Wildman–Crippen MR) is 106 cm³/mol. The topological polar surface area (TPSA) is 103 Å². The van der Waals surface area contributed by atoms with Crippen molar-refractivity contribution in [2.24, 2.45) is 0 Å². The van der Waals surface area contributed by atoms with Crippen molar-refractivity contribution in [2.45, 2.75) is 30.3 Å². The molecule has 2 aliphatic rings. The SMILES string of the molecule is COc1ccc(S(=O)(=O)N2CCOCC2)cc1NC(=O)CCOCC1CCCO1. The van der Waals surface area contributed by atoms with E-state index in [1.165, 1.54) is 29.6 Å². The van der Waals surface area contributed by atoms with Gasteiger partial charge < -0.3 is 24.3 Å². The van der Waals surface area contributed by atoms with E-state index < -0.39 is 10.0 Å². The summed E-state index contributed by atoms with van der Waals surface area (Å²) in [5, 5.41) is 2.72. The maximum Gasteiger partial charge on any atom is 0.243 e. The molecule has 2 aliphatic heterocycles. The number of nitrogens with zero attached hydrogens (tertiary/aromatic N) is 1. The number of morpholine rings is 1. The van der Waals surface area contributed by atoms with Crippen LogP contribution in [-0.4, -0.2) is 78.0 Å². The minimum Gasteiger partial charge on any atom is -0.495 e. The number of nitrogens with one attached hydrogen (secondary N) is 1. The lowest BCUT2D eigenvalue weighted by Crippen LogP contribution is -2.40. The Hall–Kier alpha value is -1.72. The summed E-state index contributed by atoms with van der Waals surface area (Å²) < 4.78 is 48.5. The largest absolute Gasteiger partial charge is 0.495 e. The summed E-state index contributed by atoms with van der Waals surface area (Å²) >= 11 is 0. The Morgan fingerprint density at radius 2 is 2.07 bits per heavy atom. The lowest BCUT2D eigenvalue weighted by molar-refractivity contribution is -0.117. The summed E-state index contributed by atoms with van der Waals surface area (Å²) in [6.07, 6.45) is 2.28. The zero-order valence-electron chi connectivity index (χ0n) is 16.6. The highest BCUT2D eigenvalue weighted by atomic mass is 32.2. The van der Waals surface area contributed by atoms with Gasteiger partial charge in [0.05, 0.1) is 56.6 Å². The van der Waals surface area contributed by atoms with Crippen LogP contribution in [0.5, 0.6) is 5.75 Å². The lowest BCUT2D eigenvalue weighted by Gasteiger charge is -2.26. The Kier molecular flexibility index (Phi) is 7.84. The van der Waals surface area contributed by atoms with Crippen LogP contribution in [0.15, 0.2) is 23.1 Å². The predicted octanol–water partition coefficient (Wildman–Crippen LogP) is 1.24. The quantitative estimate of drug-likeness (QED) is 0.590. The molecule has 9 nitrogen and oxygen atoms in total. The van der Waals surface area contributed by atoms with E-state index >= 15 is 0 Å². The maximum atomic E-state index is 12.8. The van der Waals surface area contributed by atoms with Crippen molar-refractivity contribution in [3.05, 3.63) is 18.2 Å². The van der Waals surface area contributed by atoms with Crippen LogP contribution < -0.4 is 10.1 Å². The highest BCUT2D eigenvalue weighted by Crippen LogP contribution is 2.29. The number of hydrogen-bond donors (Lipinski definition) is 1. The first-order chi connectivity index (χ1) is 14.0. The van der Waals surface area contributed by atoms with Gasteiger partial charge in [0.25, 0.3) is 0 Å². The molecule has 29 heavy (non-hydrogen) atoms. The van der Waals surface area contributed by atoms with Gasteiger partial charge in [-0.15, -0.1) is 0 Å². The van der Waals surface area contributed by atoms with Crippen LogP contribution in [0, 0.1) is 0 Å². The Morgan fingerprint density at radius 3 is 2.76 bits per heavy atom. The van der Waals surface area contributed by atoms with Crippen molar-refractivity contribution in [2.75, 3.05) is 58.6 Å². The Bertz CT molecular complexity index is 788. The summed E-state index contributed by atoms with van der Waals surface area (Å²) in [5.41, 5.74) is 0.311. The molecule has 0 radical (unpaired) electrons. The normalized spacial score (nSPS) is 20.5. The van der Waals surface area contributed by atoms with E-state index in [1.54, 1.807) is 0 Å². The molecule has 0 aromatic heterocycles. The van der Waals surface area contributed by atoms with Crippen LogP contribution in [0.2, 0.25) is 0 Å². The summed E-state index contributed by atoms with van der Waals surface area (Å²) in [6.45, 7) is 2.84. The molecule has 1 unspecified atom stereocenters. The van der Waals surface area contributed by atoms with Crippen LogP contribution >= 0.6 is 0 Å². The fraction of sp³-hybridized carbons (Fsp3) is 0.632. The summed E-state index contributed by atoms with van der Waals surface area (Å²) in [7, 11) is -2.20. The van der Waals surface area contributed by atoms with Gasteiger partial charge in [-0.1, -0.05) is 0 Å². The molecule has 1 aromatic carbocycles. The minimum atomic E-state index is -3.67. The van der Waals surface area contributed by atoms with Gasteiger partial charge in [-0.05, 0) is 31.0 Å². The minimum absolute atomic E-state index is 0.102. The number of ether oxygens (including phenoxy) is 4. The van der Waals surface area contributed by atoms with E-state index in [4.69, 9.17) is 18.9 Å². The van der Waals surface area contributed by atoms with Gasteiger partial charge in [0.2, 0.25) is 15.9 Å². The van der Waals surface area contributed by atoms with Crippen LogP contribution in [0.4, 0.5) is 5.69 Å². The molecular weight excluding hydrogens is 400 g/mol. The van der Waals surface area contributed by atoms with Crippen LogP contribution in [0.1, 0.15) is 19.3 Å². The molecule has 1 atom stereocenters. The summed E-state index contributed by atoms with van der Waals surface area (Å²) in [6, 6.07) is 4.44. The smallest absolute Gasteiger partial charge is 0.243 e. The zero-order valence-corrected chi connectivity index (χ0v) is 17.4. The highest BCUT2D eigenvalue weighted by molar-refractivity contribution is 7.89. The molecule has 10 heteroatoms. The van der Waals surface area contributed by atoms with Crippen molar-refractivity contribution < 1.29 is 32.2 Å². The second-order valence-corrected chi connectivity index (χ2v) is 8.82. The molecule has 0 aliphatic carbocycles. The number of anilines is 1. The highest BCUT2D eigenvalue weighted by Gasteiger charge is 2.27. The molecule has 0 spiro atoms. The fourth-order valence-electron chi connectivity index (χ4n) is 3.25. The maximum absolute atomic E-state index is 12.8. The number of carbonyl (C=O) groups is 1. The molecule has 0 bridgehead atoms. The van der Waals surface area contributed by atoms with Crippen molar-refractivity contribution in [1.29, 1.82) is 0 Å². The average Bonchev–Trinajstić information content (AvgIpc) is 3.25. The number of methoxy groups -OCH3 is 1. The van der Waals surface area contributed by atoms with Gasteiger partial charge >= 0.3 is 0 Å². The van der Waals surface area contributed by atoms with Crippen molar-refractivity contribution in [1.82, 2.24) is 4.31 Å². The van der Waals surface area contributed by atoms with Gasteiger partial charge in [0.1, 0.15) is 5.75 Å². The van der Waals surface area contributed by atoms with E-state index in [0.29, 0.717) is 44.3 Å². The first-order valence-corrected chi connectivity index (χ1v) is 11.2. The third-order valence-corrected chi connectivity index (χ3v) is 6.75. The Balaban J connectivity index is 1.60. The summed E-state index contributed by atoms with van der Waals surface area (Å²) in [4.78, 5) is 12.4. The van der Waals surface area contributed by atoms with Gasteiger partial charge in [-0.2, -0.15) is 4.31 Å². The third-order valence-electron chi connectivity index (χ3n) is 4.85. The molecule has 1 amide bonds. The fourth-order valence-corrected chi connectivity index (χ4v) is 4.68. The van der Waals surface area contributed by atoms with Crippen molar-refractivity contribution in [3.8, 4) is 5.75 Å². The first kappa shape index (κ1) is 22.0. The van der Waals surface area contributed by atoms with Crippen LogP contribution in [0.3, 0.4) is 0 Å². The molecule has 3 rings (SSSR count). The Labute approximate surface area is 171 Å². The van der Waals surface area contributed by atoms with E-state index in [2.05, 4.69) is 5.32 Å². The number of amides is 1. The molecule has 2 heterocycles. The van der Waals surface area contributed by atoms with Crippen molar-refractivity contribution >= 4 is 21.6 Å². The molecule has 2 fully saturated rings.